The summed E-state index contributed by atoms with van der Waals surface area (Å²) < 4.78 is 43.3. The van der Waals surface area contributed by atoms with E-state index in [-0.39, 0.29) is 18.1 Å². The largest absolute Gasteiger partial charge is 0.490 e. The zero-order chi connectivity index (χ0) is 20.9. The van der Waals surface area contributed by atoms with Crippen molar-refractivity contribution in [3.8, 4) is 0 Å². The van der Waals surface area contributed by atoms with Crippen molar-refractivity contribution in [2.45, 2.75) is 18.3 Å². The van der Waals surface area contributed by atoms with Crippen molar-refractivity contribution >= 4 is 23.2 Å². The van der Waals surface area contributed by atoms with Gasteiger partial charge in [-0.15, -0.1) is 11.3 Å². The second-order valence-corrected chi connectivity index (χ2v) is 7.67. The quantitative estimate of drug-likeness (QED) is 0.777. The monoisotopic (exact) mass is 424 g/mol. The van der Waals surface area contributed by atoms with Crippen LogP contribution in [0.4, 0.5) is 13.2 Å². The molecule has 2 aliphatic rings. The van der Waals surface area contributed by atoms with E-state index in [2.05, 4.69) is 4.90 Å². The summed E-state index contributed by atoms with van der Waals surface area (Å²) in [5, 5.41) is 9.07. The summed E-state index contributed by atoms with van der Waals surface area (Å²) in [5.41, 5.74) is 0. The molecule has 3 heterocycles. The van der Waals surface area contributed by atoms with Gasteiger partial charge in [0.15, 0.2) is 0 Å². The highest BCUT2D eigenvalue weighted by atomic mass is 32.1. The smallest absolute Gasteiger partial charge is 0.475 e. The number of carboxylic acids is 1. The standard InChI is InChI=1S/C15H22N2O3S.C2HF3O2/c1-16(2)5-6-20-13-8-17(12-10-19-9-11(12)13)15(18)14-4-3-7-21-14;3-2(4,5)1(6)7/h3-4,7,11-13H,5-6,8-10H2,1-2H3;(H,6,7)/t11-,12+,13-;/m0./s1. The summed E-state index contributed by atoms with van der Waals surface area (Å²) in [6, 6.07) is 3.98. The Morgan fingerprint density at radius 1 is 1.39 bits per heavy atom. The molecule has 3 rings (SSSR count). The predicted octanol–water partition coefficient (Wildman–Crippen LogP) is 1.80. The van der Waals surface area contributed by atoms with Crippen molar-refractivity contribution in [3.63, 3.8) is 0 Å². The van der Waals surface area contributed by atoms with E-state index >= 15 is 0 Å². The van der Waals surface area contributed by atoms with Crippen LogP contribution in [0.3, 0.4) is 0 Å². The number of carbonyl (C=O) groups is 2. The van der Waals surface area contributed by atoms with Gasteiger partial charge in [-0.05, 0) is 25.5 Å². The molecule has 0 radical (unpaired) electrons. The molecular weight excluding hydrogens is 401 g/mol. The highest BCUT2D eigenvalue weighted by Gasteiger charge is 2.48. The first kappa shape index (κ1) is 22.6. The fourth-order valence-electron chi connectivity index (χ4n) is 3.04. The third-order valence-electron chi connectivity index (χ3n) is 4.45. The maximum Gasteiger partial charge on any atom is 0.490 e. The number of nitrogens with zero attached hydrogens (tertiary/aromatic N) is 2. The molecule has 0 unspecified atom stereocenters. The van der Waals surface area contributed by atoms with Crippen LogP contribution in [0.1, 0.15) is 9.67 Å². The Morgan fingerprint density at radius 2 is 2.07 bits per heavy atom. The van der Waals surface area contributed by atoms with Crippen LogP contribution in [0.5, 0.6) is 0 Å². The van der Waals surface area contributed by atoms with Gasteiger partial charge in [0.1, 0.15) is 0 Å². The molecule has 158 valence electrons. The van der Waals surface area contributed by atoms with Gasteiger partial charge in [-0.1, -0.05) is 6.07 Å². The summed E-state index contributed by atoms with van der Waals surface area (Å²) in [6.45, 7) is 3.61. The Hall–Kier alpha value is -1.69. The number of carbonyl (C=O) groups excluding carboxylic acids is 1. The van der Waals surface area contributed by atoms with Gasteiger partial charge in [0.2, 0.25) is 0 Å². The summed E-state index contributed by atoms with van der Waals surface area (Å²) in [4.78, 5) is 26.3. The zero-order valence-corrected chi connectivity index (χ0v) is 16.3. The number of thiophene rings is 1. The van der Waals surface area contributed by atoms with Gasteiger partial charge < -0.3 is 24.4 Å². The highest BCUT2D eigenvalue weighted by molar-refractivity contribution is 7.12. The van der Waals surface area contributed by atoms with Crippen LogP contribution in [0.2, 0.25) is 0 Å². The normalized spacial score (nSPS) is 24.1. The van der Waals surface area contributed by atoms with Gasteiger partial charge in [-0.3, -0.25) is 4.79 Å². The molecule has 3 atom stereocenters. The molecule has 0 bridgehead atoms. The lowest BCUT2D eigenvalue weighted by Crippen LogP contribution is -2.37. The molecule has 2 aliphatic heterocycles. The van der Waals surface area contributed by atoms with E-state index in [1.165, 1.54) is 11.3 Å². The van der Waals surface area contributed by atoms with Crippen LogP contribution in [0, 0.1) is 5.92 Å². The zero-order valence-electron chi connectivity index (χ0n) is 15.5. The Kier molecular flexibility index (Phi) is 7.81. The molecule has 1 aromatic heterocycles. The van der Waals surface area contributed by atoms with E-state index in [1.807, 2.05) is 36.5 Å². The van der Waals surface area contributed by atoms with Crippen LogP contribution in [-0.2, 0) is 14.3 Å². The molecule has 11 heteroatoms. The number of likely N-dealkylation sites (N-methyl/N-ethyl adjacent to an activating group) is 1. The first-order valence-corrected chi connectivity index (χ1v) is 9.48. The highest BCUT2D eigenvalue weighted by Crippen LogP contribution is 2.33. The Bertz CT molecular complexity index is 654. The summed E-state index contributed by atoms with van der Waals surface area (Å²) >= 11 is 1.50. The third-order valence-corrected chi connectivity index (χ3v) is 5.31. The first-order valence-electron chi connectivity index (χ1n) is 8.60. The molecule has 1 aromatic rings. The van der Waals surface area contributed by atoms with Crippen molar-refractivity contribution < 1.29 is 37.3 Å². The van der Waals surface area contributed by atoms with E-state index in [1.54, 1.807) is 0 Å². The number of aliphatic carboxylic acids is 1. The number of fused-ring (bicyclic) bond motifs is 1. The van der Waals surface area contributed by atoms with Gasteiger partial charge in [-0.2, -0.15) is 13.2 Å². The maximum atomic E-state index is 12.6. The second kappa shape index (κ2) is 9.68. The Morgan fingerprint density at radius 3 is 2.61 bits per heavy atom. The van der Waals surface area contributed by atoms with Gasteiger partial charge in [0.05, 0.1) is 36.8 Å². The molecule has 0 aliphatic carbocycles. The van der Waals surface area contributed by atoms with E-state index in [9.17, 15) is 18.0 Å². The lowest BCUT2D eigenvalue weighted by Gasteiger charge is -2.21. The minimum Gasteiger partial charge on any atom is -0.475 e. The van der Waals surface area contributed by atoms with Gasteiger partial charge in [-0.25, -0.2) is 4.79 Å². The SMILES string of the molecule is CN(C)CCO[C@H]1CN(C(=O)c2cccs2)[C@@H]2COC[C@H]12.O=C(O)C(F)(F)F. The maximum absolute atomic E-state index is 12.6. The number of amides is 1. The van der Waals surface area contributed by atoms with Gasteiger partial charge in [0.25, 0.3) is 5.91 Å². The van der Waals surface area contributed by atoms with Crippen LogP contribution in [0.15, 0.2) is 17.5 Å². The number of alkyl halides is 3. The van der Waals surface area contributed by atoms with E-state index in [0.29, 0.717) is 32.3 Å². The van der Waals surface area contributed by atoms with Crippen LogP contribution < -0.4 is 0 Å². The van der Waals surface area contributed by atoms with Crippen LogP contribution in [-0.4, -0.2) is 92.1 Å². The fraction of sp³-hybridized carbons (Fsp3) is 0.647. The van der Waals surface area contributed by atoms with Gasteiger partial charge >= 0.3 is 12.1 Å². The van der Waals surface area contributed by atoms with E-state index < -0.39 is 12.1 Å². The van der Waals surface area contributed by atoms with Crippen LogP contribution >= 0.6 is 11.3 Å². The lowest BCUT2D eigenvalue weighted by atomic mass is 10.0. The Balaban J connectivity index is 0.000000345. The third kappa shape index (κ3) is 5.90. The molecule has 2 saturated heterocycles. The molecule has 2 fully saturated rings. The number of hydrogen-bond donors (Lipinski definition) is 1. The average molecular weight is 424 g/mol. The lowest BCUT2D eigenvalue weighted by molar-refractivity contribution is -0.192. The second-order valence-electron chi connectivity index (χ2n) is 6.72. The molecular formula is C17H23F3N2O5S. The van der Waals surface area contributed by atoms with Crippen molar-refractivity contribution in [1.82, 2.24) is 9.80 Å². The molecule has 7 nitrogen and oxygen atoms in total. The molecule has 0 spiro atoms. The number of hydrogen-bond acceptors (Lipinski definition) is 6. The fourth-order valence-corrected chi connectivity index (χ4v) is 3.72. The van der Waals surface area contributed by atoms with Crippen LogP contribution in [0.25, 0.3) is 0 Å². The number of likely N-dealkylation sites (tertiary alicyclic amines) is 1. The average Bonchev–Trinajstić information content (AvgIpc) is 3.32. The first-order chi connectivity index (χ1) is 13.1. The minimum atomic E-state index is -5.08. The summed E-state index contributed by atoms with van der Waals surface area (Å²) in [5.74, 6) is -2.33. The summed E-state index contributed by atoms with van der Waals surface area (Å²) in [6.07, 6.45) is -4.98. The van der Waals surface area contributed by atoms with E-state index in [0.717, 1.165) is 11.4 Å². The number of halogens is 3. The van der Waals surface area contributed by atoms with E-state index in [4.69, 9.17) is 19.4 Å². The number of carboxylic acid groups (broad SMARTS) is 1. The predicted molar refractivity (Wildman–Crippen MR) is 95.4 cm³/mol. The van der Waals surface area contributed by atoms with Crippen molar-refractivity contribution in [3.05, 3.63) is 22.4 Å². The molecule has 0 aromatic carbocycles. The number of rotatable bonds is 5. The molecule has 1 amide bonds. The topological polar surface area (TPSA) is 79.3 Å². The van der Waals surface area contributed by atoms with Gasteiger partial charge in [0, 0.05) is 19.0 Å². The number of ether oxygens (including phenoxy) is 2. The summed E-state index contributed by atoms with van der Waals surface area (Å²) in [7, 11) is 4.07. The molecule has 1 N–H and O–H groups in total. The van der Waals surface area contributed by atoms with Crippen molar-refractivity contribution in [1.29, 1.82) is 0 Å². The van der Waals surface area contributed by atoms with Crippen molar-refractivity contribution in [2.75, 3.05) is 47.0 Å². The van der Waals surface area contributed by atoms with Crippen molar-refractivity contribution in [2.24, 2.45) is 5.92 Å². The molecule has 28 heavy (non-hydrogen) atoms. The minimum absolute atomic E-state index is 0.0985. The molecule has 0 saturated carbocycles. The Labute approximate surface area is 164 Å².